The molecule has 0 heterocycles. The van der Waals surface area contributed by atoms with Crippen molar-refractivity contribution in [3.63, 3.8) is 0 Å². The fraction of sp³-hybridized carbons (Fsp3) is 0.385. The van der Waals surface area contributed by atoms with E-state index in [4.69, 9.17) is 5.26 Å². The van der Waals surface area contributed by atoms with E-state index in [1.54, 1.807) is 0 Å². The molecule has 2 saturated carbocycles. The first-order chi connectivity index (χ1) is 7.31. The first kappa shape index (κ1) is 8.67. The van der Waals surface area contributed by atoms with Crippen LogP contribution in [0.3, 0.4) is 0 Å². The third-order valence-electron chi connectivity index (χ3n) is 3.69. The van der Waals surface area contributed by atoms with E-state index >= 15 is 0 Å². The summed E-state index contributed by atoms with van der Waals surface area (Å²) in [5.74, 6) is 1.80. The van der Waals surface area contributed by atoms with E-state index in [0.29, 0.717) is 29.1 Å². The fourth-order valence-corrected chi connectivity index (χ4v) is 2.88. The summed E-state index contributed by atoms with van der Waals surface area (Å²) in [5.41, 5.74) is 1.92. The van der Waals surface area contributed by atoms with Gasteiger partial charge in [0, 0.05) is 12.3 Å². The van der Waals surface area contributed by atoms with Crippen LogP contribution in [0.4, 0.5) is 0 Å². The molecule has 2 heteroatoms. The van der Waals surface area contributed by atoms with Crippen molar-refractivity contribution in [2.75, 3.05) is 0 Å². The topological polar surface area (TPSA) is 40.9 Å². The Morgan fingerprint density at radius 2 is 1.93 bits per heavy atom. The van der Waals surface area contributed by atoms with Gasteiger partial charge in [0.25, 0.3) is 0 Å². The van der Waals surface area contributed by atoms with Crippen LogP contribution in [-0.4, -0.2) is 5.78 Å². The third kappa shape index (κ3) is 1.20. The fourth-order valence-electron chi connectivity index (χ4n) is 2.88. The number of rotatable bonds is 1. The maximum Gasteiger partial charge on any atom is 0.136 e. The number of hydrogen-bond donors (Lipinski definition) is 0. The second-order valence-corrected chi connectivity index (χ2v) is 4.45. The Kier molecular flexibility index (Phi) is 1.70. The monoisotopic (exact) mass is 197 g/mol. The summed E-state index contributed by atoms with van der Waals surface area (Å²) in [4.78, 5) is 11.5. The predicted molar refractivity (Wildman–Crippen MR) is 55.1 cm³/mol. The molecule has 2 nitrogen and oxygen atoms in total. The molecule has 74 valence electrons. The Balaban J connectivity index is 1.85. The first-order valence-electron chi connectivity index (χ1n) is 5.34. The van der Waals surface area contributed by atoms with Crippen molar-refractivity contribution < 1.29 is 4.79 Å². The van der Waals surface area contributed by atoms with Crippen LogP contribution in [0, 0.1) is 23.2 Å². The molecule has 1 aromatic carbocycles. The largest absolute Gasteiger partial charge is 0.299 e. The molecule has 1 aromatic rings. The number of carbonyl (C=O) groups excluding carboxylic acids is 1. The Hall–Kier alpha value is -1.62. The lowest BCUT2D eigenvalue weighted by Gasteiger charge is -2.02. The summed E-state index contributed by atoms with van der Waals surface area (Å²) in [6.45, 7) is 0. The van der Waals surface area contributed by atoms with Gasteiger partial charge in [-0.15, -0.1) is 0 Å². The van der Waals surface area contributed by atoms with Crippen LogP contribution in [0.1, 0.15) is 29.9 Å². The molecule has 0 aromatic heterocycles. The molecular weight excluding hydrogens is 186 g/mol. The highest BCUT2D eigenvalue weighted by Crippen LogP contribution is 2.61. The normalized spacial score (nSPS) is 32.2. The highest BCUT2D eigenvalue weighted by Gasteiger charge is 2.58. The quantitative estimate of drug-likeness (QED) is 0.692. The van der Waals surface area contributed by atoms with E-state index in [2.05, 4.69) is 6.07 Å². The van der Waals surface area contributed by atoms with Gasteiger partial charge < -0.3 is 0 Å². The Labute approximate surface area is 88.5 Å². The first-order valence-corrected chi connectivity index (χ1v) is 5.34. The lowest BCUT2D eigenvalue weighted by molar-refractivity contribution is -0.119. The van der Waals surface area contributed by atoms with Gasteiger partial charge in [0.05, 0.1) is 11.6 Å². The maximum absolute atomic E-state index is 11.5. The number of fused-ring (bicyclic) bond motifs is 1. The highest BCUT2D eigenvalue weighted by molar-refractivity contribution is 5.88. The number of nitriles is 1. The summed E-state index contributed by atoms with van der Waals surface area (Å²) >= 11 is 0. The number of benzene rings is 1. The van der Waals surface area contributed by atoms with Gasteiger partial charge in [0.15, 0.2) is 0 Å². The summed E-state index contributed by atoms with van der Waals surface area (Å²) in [6, 6.07) is 9.78. The summed E-state index contributed by atoms with van der Waals surface area (Å²) in [7, 11) is 0. The zero-order valence-corrected chi connectivity index (χ0v) is 8.31. The average Bonchev–Trinajstić information content (AvgIpc) is 2.90. The second kappa shape index (κ2) is 2.93. The molecule has 0 radical (unpaired) electrons. The van der Waals surface area contributed by atoms with Gasteiger partial charge in [-0.3, -0.25) is 4.79 Å². The van der Waals surface area contributed by atoms with Crippen LogP contribution >= 0.6 is 0 Å². The van der Waals surface area contributed by atoms with Crippen LogP contribution in [0.5, 0.6) is 0 Å². The van der Waals surface area contributed by atoms with E-state index in [-0.39, 0.29) is 0 Å². The lowest BCUT2D eigenvalue weighted by Crippen LogP contribution is -1.98. The molecule has 0 aliphatic heterocycles. The van der Waals surface area contributed by atoms with E-state index < -0.39 is 0 Å². The van der Waals surface area contributed by atoms with Gasteiger partial charge in [0.2, 0.25) is 0 Å². The van der Waals surface area contributed by atoms with Gasteiger partial charge in [-0.2, -0.15) is 5.26 Å². The van der Waals surface area contributed by atoms with E-state index in [0.717, 1.165) is 12.8 Å². The number of nitrogens with zero attached hydrogens (tertiary/aromatic N) is 1. The minimum atomic E-state index is 0.304. The van der Waals surface area contributed by atoms with Gasteiger partial charge in [-0.25, -0.2) is 0 Å². The molecular formula is C13H11NO. The smallest absolute Gasteiger partial charge is 0.136 e. The van der Waals surface area contributed by atoms with E-state index in [1.165, 1.54) is 5.56 Å². The molecule has 2 aliphatic rings. The van der Waals surface area contributed by atoms with Crippen LogP contribution in [0.25, 0.3) is 0 Å². The van der Waals surface area contributed by atoms with Crippen molar-refractivity contribution in [1.82, 2.24) is 0 Å². The maximum atomic E-state index is 11.5. The lowest BCUT2D eigenvalue weighted by atomic mass is 10.0. The van der Waals surface area contributed by atoms with Gasteiger partial charge in [-0.05, 0) is 36.0 Å². The minimum Gasteiger partial charge on any atom is -0.299 e. The highest BCUT2D eigenvalue weighted by atomic mass is 16.1. The predicted octanol–water partition coefficient (Wildman–Crippen LogP) is 2.25. The van der Waals surface area contributed by atoms with E-state index in [9.17, 15) is 4.79 Å². The molecule has 3 rings (SSSR count). The van der Waals surface area contributed by atoms with Crippen molar-refractivity contribution in [3.05, 3.63) is 35.4 Å². The zero-order chi connectivity index (χ0) is 10.4. The van der Waals surface area contributed by atoms with Gasteiger partial charge in [-0.1, -0.05) is 12.1 Å². The van der Waals surface area contributed by atoms with Crippen molar-refractivity contribution in [2.45, 2.75) is 18.8 Å². The summed E-state index contributed by atoms with van der Waals surface area (Å²) < 4.78 is 0. The Morgan fingerprint density at radius 3 is 2.47 bits per heavy atom. The molecule has 2 fully saturated rings. The molecule has 0 amide bonds. The average molecular weight is 197 g/mol. The van der Waals surface area contributed by atoms with Crippen molar-refractivity contribution >= 4 is 5.78 Å². The molecule has 0 bridgehead atoms. The Morgan fingerprint density at radius 1 is 1.20 bits per heavy atom. The molecule has 3 atom stereocenters. The Bertz CT molecular complexity index is 454. The zero-order valence-electron chi connectivity index (χ0n) is 8.31. The molecule has 0 unspecified atom stereocenters. The molecule has 2 aliphatic carbocycles. The number of Topliss-reactive ketones (excluding diaryl/α,β-unsaturated/α-hetero) is 1. The van der Waals surface area contributed by atoms with Crippen molar-refractivity contribution in [1.29, 1.82) is 5.26 Å². The standard InChI is InChI=1S/C13H11NO/c14-7-8-1-3-9(4-2-8)12-10-5-6-11(15)13(10)12/h1-4,10,12-13H,5-6H2/t10-,12-,13+/m0/s1. The molecule has 0 saturated heterocycles. The van der Waals surface area contributed by atoms with Crippen LogP contribution in [-0.2, 0) is 4.79 Å². The molecule has 0 spiro atoms. The van der Waals surface area contributed by atoms with Crippen molar-refractivity contribution in [2.24, 2.45) is 11.8 Å². The second-order valence-electron chi connectivity index (χ2n) is 4.45. The van der Waals surface area contributed by atoms with Crippen LogP contribution < -0.4 is 0 Å². The molecule has 0 N–H and O–H groups in total. The van der Waals surface area contributed by atoms with Gasteiger partial charge in [0.1, 0.15) is 5.78 Å². The number of carbonyl (C=O) groups is 1. The number of hydrogen-bond acceptors (Lipinski definition) is 2. The third-order valence-corrected chi connectivity index (χ3v) is 3.69. The summed E-state index contributed by atoms with van der Waals surface area (Å²) in [6.07, 6.45) is 1.84. The minimum absolute atomic E-state index is 0.304. The van der Waals surface area contributed by atoms with Gasteiger partial charge >= 0.3 is 0 Å². The molecule has 15 heavy (non-hydrogen) atoms. The van der Waals surface area contributed by atoms with E-state index in [1.807, 2.05) is 24.3 Å². The van der Waals surface area contributed by atoms with Crippen LogP contribution in [0.2, 0.25) is 0 Å². The van der Waals surface area contributed by atoms with Crippen molar-refractivity contribution in [3.8, 4) is 6.07 Å². The SMILES string of the molecule is N#Cc1ccc([C@H]2[C@@H]3CCC(=O)[C@@H]32)cc1. The number of ketones is 1. The van der Waals surface area contributed by atoms with Crippen LogP contribution in [0.15, 0.2) is 24.3 Å². The summed E-state index contributed by atoms with van der Waals surface area (Å²) in [5, 5.41) is 8.68.